The van der Waals surface area contributed by atoms with Crippen LogP contribution in [0.1, 0.15) is 33.1 Å². The average Bonchev–Trinajstić information content (AvgIpc) is 3.05. The van der Waals surface area contributed by atoms with Crippen LogP contribution in [0.4, 0.5) is 0 Å². The number of hydrazine groups is 1. The highest BCUT2D eigenvalue weighted by Gasteiger charge is 2.27. The highest BCUT2D eigenvalue weighted by Crippen LogP contribution is 2.29. The molecule has 3 N–H and O–H groups in total. The standard InChI is InChI=1S/C18H24N4O2S2/c1-11-6-5-8-13(12(11)2)19-17(25)22-21-16(23)10-26-18-20-14-7-3-4-9-15(14)24-18/h3-4,7,9,11-13H,5-6,8,10H2,1-2H3,(H,21,23)(H2,19,22,25)/t11-,12+,13-/m0/s1. The number of aromatic nitrogens is 1. The lowest BCUT2D eigenvalue weighted by Crippen LogP contribution is -2.52. The Labute approximate surface area is 162 Å². The number of amides is 1. The number of rotatable bonds is 4. The van der Waals surface area contributed by atoms with E-state index < -0.39 is 0 Å². The average molecular weight is 393 g/mol. The molecule has 1 aromatic heterocycles. The van der Waals surface area contributed by atoms with Gasteiger partial charge in [-0.05, 0) is 42.6 Å². The van der Waals surface area contributed by atoms with E-state index in [9.17, 15) is 4.79 Å². The number of carbonyl (C=O) groups is 1. The zero-order valence-corrected chi connectivity index (χ0v) is 16.6. The fourth-order valence-corrected chi connectivity index (χ4v) is 4.03. The third kappa shape index (κ3) is 4.88. The van der Waals surface area contributed by atoms with Gasteiger partial charge in [-0.25, -0.2) is 4.98 Å². The Kier molecular flexibility index (Phi) is 6.37. The summed E-state index contributed by atoms with van der Waals surface area (Å²) in [7, 11) is 0. The van der Waals surface area contributed by atoms with Crippen molar-refractivity contribution < 1.29 is 9.21 Å². The second-order valence-corrected chi connectivity index (χ2v) is 8.09. The van der Waals surface area contributed by atoms with Gasteiger partial charge >= 0.3 is 0 Å². The number of benzene rings is 1. The van der Waals surface area contributed by atoms with E-state index in [1.54, 1.807) is 0 Å². The third-order valence-electron chi connectivity index (χ3n) is 4.94. The molecule has 26 heavy (non-hydrogen) atoms. The molecule has 1 aliphatic rings. The first-order valence-electron chi connectivity index (χ1n) is 8.86. The number of thioether (sulfide) groups is 1. The molecule has 8 heteroatoms. The van der Waals surface area contributed by atoms with Crippen molar-refractivity contribution in [2.24, 2.45) is 11.8 Å². The molecule has 1 saturated carbocycles. The summed E-state index contributed by atoms with van der Waals surface area (Å²) in [5, 5.41) is 4.25. The maximum atomic E-state index is 12.0. The minimum Gasteiger partial charge on any atom is -0.431 e. The molecule has 0 spiro atoms. The zero-order valence-electron chi connectivity index (χ0n) is 15.0. The van der Waals surface area contributed by atoms with Gasteiger partial charge in [0, 0.05) is 6.04 Å². The zero-order chi connectivity index (χ0) is 18.5. The van der Waals surface area contributed by atoms with Crippen molar-refractivity contribution in [2.75, 3.05) is 5.75 Å². The molecule has 1 aliphatic carbocycles. The van der Waals surface area contributed by atoms with Crippen molar-refractivity contribution >= 4 is 46.1 Å². The van der Waals surface area contributed by atoms with Crippen LogP contribution in [-0.2, 0) is 4.79 Å². The largest absolute Gasteiger partial charge is 0.431 e. The molecule has 1 amide bonds. The summed E-state index contributed by atoms with van der Waals surface area (Å²) >= 11 is 6.54. The summed E-state index contributed by atoms with van der Waals surface area (Å²) in [5.41, 5.74) is 6.91. The van der Waals surface area contributed by atoms with E-state index in [2.05, 4.69) is 35.0 Å². The summed E-state index contributed by atoms with van der Waals surface area (Å²) in [6, 6.07) is 7.87. The first kappa shape index (κ1) is 19.0. The van der Waals surface area contributed by atoms with Crippen molar-refractivity contribution in [3.8, 4) is 0 Å². The number of fused-ring (bicyclic) bond motifs is 1. The maximum Gasteiger partial charge on any atom is 0.257 e. The number of hydrogen-bond donors (Lipinski definition) is 3. The Balaban J connectivity index is 1.40. The first-order chi connectivity index (χ1) is 12.5. The molecule has 0 saturated heterocycles. The van der Waals surface area contributed by atoms with Crippen molar-refractivity contribution in [1.29, 1.82) is 0 Å². The van der Waals surface area contributed by atoms with Gasteiger partial charge in [-0.2, -0.15) is 0 Å². The van der Waals surface area contributed by atoms with Crippen LogP contribution in [-0.4, -0.2) is 27.8 Å². The molecule has 0 aliphatic heterocycles. The topological polar surface area (TPSA) is 79.2 Å². The first-order valence-corrected chi connectivity index (χ1v) is 10.3. The van der Waals surface area contributed by atoms with Crippen LogP contribution in [0.15, 0.2) is 33.9 Å². The number of nitrogens with zero attached hydrogens (tertiary/aromatic N) is 1. The summed E-state index contributed by atoms with van der Waals surface area (Å²) < 4.78 is 5.58. The molecule has 2 aromatic rings. The van der Waals surface area contributed by atoms with E-state index in [0.29, 0.717) is 28.2 Å². The highest BCUT2D eigenvalue weighted by atomic mass is 32.2. The van der Waals surface area contributed by atoms with Gasteiger partial charge in [0.1, 0.15) is 5.52 Å². The second kappa shape index (κ2) is 8.73. The second-order valence-electron chi connectivity index (χ2n) is 6.76. The van der Waals surface area contributed by atoms with E-state index in [0.717, 1.165) is 17.5 Å². The SMILES string of the molecule is C[C@H]1[C@@H](NC(=S)NNC(=O)CSc2nc3ccccc3o2)CCC[C@@H]1C. The van der Waals surface area contributed by atoms with Crippen molar-refractivity contribution in [3.05, 3.63) is 24.3 Å². The van der Waals surface area contributed by atoms with Crippen LogP contribution in [0, 0.1) is 11.8 Å². The smallest absolute Gasteiger partial charge is 0.257 e. The van der Waals surface area contributed by atoms with Crippen molar-refractivity contribution in [2.45, 2.75) is 44.4 Å². The van der Waals surface area contributed by atoms with Crippen LogP contribution in [0.25, 0.3) is 11.1 Å². The normalized spacial score (nSPS) is 22.8. The number of para-hydroxylation sites is 2. The predicted octanol–water partition coefficient (Wildman–Crippen LogP) is 3.24. The van der Waals surface area contributed by atoms with Gasteiger partial charge in [-0.1, -0.05) is 50.6 Å². The minimum absolute atomic E-state index is 0.188. The van der Waals surface area contributed by atoms with E-state index in [1.165, 1.54) is 24.6 Å². The van der Waals surface area contributed by atoms with Gasteiger partial charge in [-0.15, -0.1) is 0 Å². The lowest BCUT2D eigenvalue weighted by molar-refractivity contribution is -0.119. The molecule has 140 valence electrons. The number of thiocarbonyl (C=S) groups is 1. The van der Waals surface area contributed by atoms with Crippen LogP contribution in [0.5, 0.6) is 0 Å². The van der Waals surface area contributed by atoms with Crippen molar-refractivity contribution in [1.82, 2.24) is 21.2 Å². The van der Waals surface area contributed by atoms with Gasteiger partial charge in [0.15, 0.2) is 10.7 Å². The third-order valence-corrected chi connectivity index (χ3v) is 5.99. The Hall–Kier alpha value is -1.80. The summed E-state index contributed by atoms with van der Waals surface area (Å²) in [5.74, 6) is 1.26. The summed E-state index contributed by atoms with van der Waals surface area (Å²) in [6.07, 6.45) is 3.58. The molecule has 1 heterocycles. The molecule has 0 bridgehead atoms. The molecular weight excluding hydrogens is 368 g/mol. The monoisotopic (exact) mass is 392 g/mol. The molecule has 0 unspecified atom stereocenters. The fraction of sp³-hybridized carbons (Fsp3) is 0.500. The predicted molar refractivity (Wildman–Crippen MR) is 108 cm³/mol. The fourth-order valence-electron chi connectivity index (χ4n) is 3.19. The minimum atomic E-state index is -0.188. The quantitative estimate of drug-likeness (QED) is 0.419. The van der Waals surface area contributed by atoms with E-state index in [-0.39, 0.29) is 11.7 Å². The van der Waals surface area contributed by atoms with E-state index in [4.69, 9.17) is 16.6 Å². The molecule has 0 radical (unpaired) electrons. The van der Waals surface area contributed by atoms with Crippen molar-refractivity contribution in [3.63, 3.8) is 0 Å². The molecule has 1 aromatic carbocycles. The van der Waals surface area contributed by atoms with Crippen LogP contribution >= 0.6 is 24.0 Å². The number of hydrogen-bond acceptors (Lipinski definition) is 5. The number of oxazole rings is 1. The summed E-state index contributed by atoms with van der Waals surface area (Å²) in [6.45, 7) is 4.53. The van der Waals surface area contributed by atoms with Crippen LogP contribution in [0.2, 0.25) is 0 Å². The lowest BCUT2D eigenvalue weighted by Gasteiger charge is -2.35. The van der Waals surface area contributed by atoms with E-state index >= 15 is 0 Å². The number of carbonyl (C=O) groups excluding carboxylic acids is 1. The molecule has 3 rings (SSSR count). The Morgan fingerprint density at radius 3 is 2.92 bits per heavy atom. The Bertz CT molecular complexity index is 746. The van der Waals surface area contributed by atoms with Gasteiger partial charge in [-0.3, -0.25) is 15.6 Å². The molecule has 3 atom stereocenters. The molecule has 1 fully saturated rings. The van der Waals surface area contributed by atoms with Gasteiger partial charge < -0.3 is 9.73 Å². The molecular formula is C18H24N4O2S2. The van der Waals surface area contributed by atoms with Gasteiger partial charge in [0.05, 0.1) is 5.75 Å². The van der Waals surface area contributed by atoms with Gasteiger partial charge in [0.25, 0.3) is 5.22 Å². The van der Waals surface area contributed by atoms with Crippen LogP contribution in [0.3, 0.4) is 0 Å². The maximum absolute atomic E-state index is 12.0. The molecule has 6 nitrogen and oxygen atoms in total. The lowest BCUT2D eigenvalue weighted by atomic mass is 9.78. The Morgan fingerprint density at radius 1 is 1.31 bits per heavy atom. The van der Waals surface area contributed by atoms with Gasteiger partial charge in [0.2, 0.25) is 5.91 Å². The van der Waals surface area contributed by atoms with E-state index in [1.807, 2.05) is 24.3 Å². The highest BCUT2D eigenvalue weighted by molar-refractivity contribution is 7.99. The summed E-state index contributed by atoms with van der Waals surface area (Å²) in [4.78, 5) is 16.3. The Morgan fingerprint density at radius 2 is 2.12 bits per heavy atom. The number of nitrogens with one attached hydrogen (secondary N) is 3. The van der Waals surface area contributed by atoms with Crippen LogP contribution < -0.4 is 16.2 Å².